The van der Waals surface area contributed by atoms with Gasteiger partial charge in [0.2, 0.25) is 0 Å². The van der Waals surface area contributed by atoms with E-state index < -0.39 is 0 Å². The number of para-hydroxylation sites is 1. The first-order chi connectivity index (χ1) is 19.7. The lowest BCUT2D eigenvalue weighted by atomic mass is 9.79. The Bertz CT molecular complexity index is 1260. The Hall–Kier alpha value is -3.13. The third-order valence-electron chi connectivity index (χ3n) is 9.00. The standard InChI is InChI=1S/C39H52N2/c1-7-9-14-28-38(3,4)33-23-18-31(19-24-33)20-27-35-30-37(41(40-35)36-16-12-11-13-17-36)32-21-25-34(26-22-32)39(5,6)29-15-10-8-2/h11-13,16-27,37H,7-10,14-15,28-30H2,1-6H3. The minimum atomic E-state index is 0.195. The van der Waals surface area contributed by atoms with E-state index in [2.05, 4.69) is 138 Å². The third-order valence-corrected chi connectivity index (χ3v) is 9.00. The van der Waals surface area contributed by atoms with Gasteiger partial charge in [0.05, 0.1) is 17.4 Å². The van der Waals surface area contributed by atoms with Crippen molar-refractivity contribution in [2.45, 2.75) is 116 Å². The molecule has 1 atom stereocenters. The highest BCUT2D eigenvalue weighted by Gasteiger charge is 2.29. The Labute approximate surface area is 250 Å². The van der Waals surface area contributed by atoms with Crippen molar-refractivity contribution in [3.63, 3.8) is 0 Å². The number of rotatable bonds is 14. The topological polar surface area (TPSA) is 15.6 Å². The van der Waals surface area contributed by atoms with Crippen LogP contribution in [0.1, 0.15) is 128 Å². The molecular weight excluding hydrogens is 496 g/mol. The minimum absolute atomic E-state index is 0.195. The van der Waals surface area contributed by atoms with E-state index in [4.69, 9.17) is 5.10 Å². The first-order valence-corrected chi connectivity index (χ1v) is 16.0. The number of anilines is 1. The second kappa shape index (κ2) is 14.2. The quantitative estimate of drug-likeness (QED) is 0.183. The van der Waals surface area contributed by atoms with E-state index in [1.54, 1.807) is 0 Å². The Kier molecular flexibility index (Phi) is 10.6. The fourth-order valence-electron chi connectivity index (χ4n) is 6.03. The van der Waals surface area contributed by atoms with Gasteiger partial charge in [0.1, 0.15) is 0 Å². The van der Waals surface area contributed by atoms with Gasteiger partial charge < -0.3 is 0 Å². The average Bonchev–Trinajstić information content (AvgIpc) is 3.41. The van der Waals surface area contributed by atoms with E-state index in [0.717, 1.165) is 17.8 Å². The molecule has 218 valence electrons. The molecule has 3 aromatic rings. The van der Waals surface area contributed by atoms with Crippen molar-refractivity contribution in [3.05, 3.63) is 107 Å². The number of hydrogen-bond donors (Lipinski definition) is 0. The highest BCUT2D eigenvalue weighted by atomic mass is 15.5. The summed E-state index contributed by atoms with van der Waals surface area (Å²) in [6, 6.07) is 29.3. The zero-order valence-corrected chi connectivity index (χ0v) is 26.5. The summed E-state index contributed by atoms with van der Waals surface area (Å²) in [4.78, 5) is 0. The fraction of sp³-hybridized carbons (Fsp3) is 0.462. The molecule has 41 heavy (non-hydrogen) atoms. The molecule has 1 aliphatic heterocycles. The lowest BCUT2D eigenvalue weighted by Crippen LogP contribution is -2.20. The highest BCUT2D eigenvalue weighted by Crippen LogP contribution is 2.37. The van der Waals surface area contributed by atoms with Crippen LogP contribution in [0.4, 0.5) is 5.69 Å². The van der Waals surface area contributed by atoms with E-state index in [0.29, 0.717) is 0 Å². The maximum atomic E-state index is 5.11. The zero-order chi connectivity index (χ0) is 29.3. The van der Waals surface area contributed by atoms with Gasteiger partial charge in [-0.3, -0.25) is 5.01 Å². The summed E-state index contributed by atoms with van der Waals surface area (Å²) < 4.78 is 0. The summed E-state index contributed by atoms with van der Waals surface area (Å²) >= 11 is 0. The monoisotopic (exact) mass is 548 g/mol. The smallest absolute Gasteiger partial charge is 0.0831 e. The van der Waals surface area contributed by atoms with Crippen molar-refractivity contribution < 1.29 is 0 Å². The fourth-order valence-corrected chi connectivity index (χ4v) is 6.03. The van der Waals surface area contributed by atoms with Crippen molar-refractivity contribution >= 4 is 17.5 Å². The Morgan fingerprint density at radius 3 is 1.76 bits per heavy atom. The van der Waals surface area contributed by atoms with Crippen LogP contribution >= 0.6 is 0 Å². The van der Waals surface area contributed by atoms with E-state index in [1.165, 1.54) is 73.6 Å². The van der Waals surface area contributed by atoms with Crippen LogP contribution in [-0.4, -0.2) is 5.71 Å². The largest absolute Gasteiger partial charge is 0.257 e. The Balaban J connectivity index is 1.49. The van der Waals surface area contributed by atoms with Crippen LogP contribution in [-0.2, 0) is 10.8 Å². The molecule has 1 aliphatic rings. The first kappa shape index (κ1) is 30.8. The molecule has 0 radical (unpaired) electrons. The second-order valence-corrected chi connectivity index (χ2v) is 13.3. The molecule has 1 unspecified atom stereocenters. The second-order valence-electron chi connectivity index (χ2n) is 13.3. The van der Waals surface area contributed by atoms with Crippen LogP contribution in [0.2, 0.25) is 0 Å². The van der Waals surface area contributed by atoms with Crippen LogP contribution in [0.15, 0.2) is 90.0 Å². The number of nitrogens with zero attached hydrogens (tertiary/aromatic N) is 2. The minimum Gasteiger partial charge on any atom is -0.257 e. The molecule has 2 heteroatoms. The zero-order valence-electron chi connectivity index (χ0n) is 26.5. The Morgan fingerprint density at radius 2 is 1.22 bits per heavy atom. The van der Waals surface area contributed by atoms with E-state index >= 15 is 0 Å². The number of hydrazone groups is 1. The summed E-state index contributed by atoms with van der Waals surface area (Å²) in [5, 5.41) is 7.33. The molecule has 0 aliphatic carbocycles. The molecule has 0 N–H and O–H groups in total. The van der Waals surface area contributed by atoms with Gasteiger partial charge in [0.25, 0.3) is 0 Å². The van der Waals surface area contributed by atoms with Gasteiger partial charge in [0.15, 0.2) is 0 Å². The van der Waals surface area contributed by atoms with Crippen LogP contribution in [0.5, 0.6) is 0 Å². The van der Waals surface area contributed by atoms with E-state index in [9.17, 15) is 0 Å². The summed E-state index contributed by atoms with van der Waals surface area (Å²) in [7, 11) is 0. The molecule has 4 rings (SSSR count). The first-order valence-electron chi connectivity index (χ1n) is 16.0. The van der Waals surface area contributed by atoms with Gasteiger partial charge in [0, 0.05) is 6.42 Å². The molecule has 1 heterocycles. The maximum Gasteiger partial charge on any atom is 0.0831 e. The average molecular weight is 549 g/mol. The number of unbranched alkanes of at least 4 members (excludes halogenated alkanes) is 4. The molecule has 0 spiro atoms. The number of hydrogen-bond acceptors (Lipinski definition) is 2. The predicted octanol–water partition coefficient (Wildman–Crippen LogP) is 11.4. The van der Waals surface area contributed by atoms with Gasteiger partial charge in [-0.25, -0.2) is 0 Å². The van der Waals surface area contributed by atoms with Crippen molar-refractivity contribution in [1.29, 1.82) is 0 Å². The number of allylic oxidation sites excluding steroid dienone is 1. The molecule has 3 aromatic carbocycles. The summed E-state index contributed by atoms with van der Waals surface area (Å²) in [6.07, 6.45) is 15.5. The third kappa shape index (κ3) is 8.22. The molecular formula is C39H52N2. The summed E-state index contributed by atoms with van der Waals surface area (Å²) in [5.74, 6) is 0. The van der Waals surface area contributed by atoms with Gasteiger partial charge in [-0.1, -0.05) is 153 Å². The molecule has 0 fully saturated rings. The van der Waals surface area contributed by atoms with Crippen LogP contribution in [0.25, 0.3) is 6.08 Å². The van der Waals surface area contributed by atoms with Crippen molar-refractivity contribution in [2.24, 2.45) is 5.10 Å². The van der Waals surface area contributed by atoms with Crippen LogP contribution in [0.3, 0.4) is 0 Å². The summed E-state index contributed by atoms with van der Waals surface area (Å²) in [6.45, 7) is 14.1. The van der Waals surface area contributed by atoms with E-state index in [-0.39, 0.29) is 16.9 Å². The van der Waals surface area contributed by atoms with Gasteiger partial charge >= 0.3 is 0 Å². The molecule has 0 amide bonds. The SMILES string of the molecule is CCCCCC(C)(C)c1ccc(C=CC2=NN(c3ccccc3)C(c3ccc(C(C)(C)CCCCC)cc3)C2)cc1. The van der Waals surface area contributed by atoms with E-state index in [1.807, 2.05) is 0 Å². The Morgan fingerprint density at radius 1 is 0.683 bits per heavy atom. The molecule has 0 aromatic heterocycles. The normalized spacial score (nSPS) is 16.0. The van der Waals surface area contributed by atoms with Crippen molar-refractivity contribution in [1.82, 2.24) is 0 Å². The summed E-state index contributed by atoms with van der Waals surface area (Å²) in [5.41, 5.74) is 8.08. The lowest BCUT2D eigenvalue weighted by Gasteiger charge is -2.27. The lowest BCUT2D eigenvalue weighted by molar-refractivity contribution is 0.450. The number of benzene rings is 3. The van der Waals surface area contributed by atoms with Crippen molar-refractivity contribution in [3.8, 4) is 0 Å². The van der Waals surface area contributed by atoms with Crippen LogP contribution in [0, 0.1) is 0 Å². The molecule has 0 saturated heterocycles. The predicted molar refractivity (Wildman–Crippen MR) is 180 cm³/mol. The van der Waals surface area contributed by atoms with Crippen molar-refractivity contribution in [2.75, 3.05) is 5.01 Å². The maximum absolute atomic E-state index is 5.11. The van der Waals surface area contributed by atoms with Crippen LogP contribution < -0.4 is 5.01 Å². The van der Waals surface area contributed by atoms with Gasteiger partial charge in [-0.05, 0) is 64.1 Å². The molecule has 0 bridgehead atoms. The van der Waals surface area contributed by atoms with Gasteiger partial charge in [-0.2, -0.15) is 5.10 Å². The molecule has 0 saturated carbocycles. The highest BCUT2D eigenvalue weighted by molar-refractivity contribution is 6.01. The van der Waals surface area contributed by atoms with Gasteiger partial charge in [-0.15, -0.1) is 0 Å². The molecule has 2 nitrogen and oxygen atoms in total.